The summed E-state index contributed by atoms with van der Waals surface area (Å²) in [6, 6.07) is -0.149. The normalized spacial score (nSPS) is 13.1. The number of carboxylic acids is 1. The van der Waals surface area contributed by atoms with Crippen molar-refractivity contribution in [2.75, 3.05) is 13.1 Å². The summed E-state index contributed by atoms with van der Waals surface area (Å²) < 4.78 is 0. The summed E-state index contributed by atoms with van der Waals surface area (Å²) in [7, 11) is 0. The fourth-order valence-corrected chi connectivity index (χ4v) is 2.03. The molecule has 0 bridgehead atoms. The van der Waals surface area contributed by atoms with Crippen LogP contribution in [0.25, 0.3) is 0 Å². The van der Waals surface area contributed by atoms with E-state index in [1.54, 1.807) is 0 Å². The van der Waals surface area contributed by atoms with Gasteiger partial charge in [-0.1, -0.05) is 34.6 Å². The number of nitrogens with one attached hydrogen (secondary N) is 2. The van der Waals surface area contributed by atoms with Gasteiger partial charge in [-0.2, -0.15) is 0 Å². The minimum atomic E-state index is -0.762. The molecule has 1 unspecified atom stereocenters. The van der Waals surface area contributed by atoms with Gasteiger partial charge in [-0.3, -0.25) is 4.79 Å². The minimum Gasteiger partial charge on any atom is -0.481 e. The highest BCUT2D eigenvalue weighted by Crippen LogP contribution is 2.32. The monoisotopic (exact) mass is 286 g/mol. The molecule has 0 aromatic carbocycles. The third kappa shape index (κ3) is 9.64. The van der Waals surface area contributed by atoms with Gasteiger partial charge in [-0.25, -0.2) is 4.79 Å². The number of urea groups is 1. The summed E-state index contributed by atoms with van der Waals surface area (Å²) in [5.74, 6) is -0.0514. The number of hydrogen-bond donors (Lipinski definition) is 3. The lowest BCUT2D eigenvalue weighted by molar-refractivity contribution is -0.137. The molecule has 0 aromatic rings. The van der Waals surface area contributed by atoms with E-state index in [1.807, 2.05) is 13.8 Å². The first-order valence-electron chi connectivity index (χ1n) is 7.36. The molecule has 0 aliphatic rings. The van der Waals surface area contributed by atoms with Gasteiger partial charge in [-0.05, 0) is 30.1 Å². The van der Waals surface area contributed by atoms with Crippen molar-refractivity contribution in [2.24, 2.45) is 17.3 Å². The maximum absolute atomic E-state index is 11.5. The Hall–Kier alpha value is -1.26. The van der Waals surface area contributed by atoms with E-state index in [2.05, 4.69) is 31.4 Å². The first-order valence-corrected chi connectivity index (χ1v) is 7.36. The predicted octanol–water partition coefficient (Wildman–Crippen LogP) is 2.86. The third-order valence-corrected chi connectivity index (χ3v) is 3.38. The summed E-state index contributed by atoms with van der Waals surface area (Å²) in [5, 5.41) is 14.4. The van der Waals surface area contributed by atoms with Crippen molar-refractivity contribution in [3.63, 3.8) is 0 Å². The van der Waals surface area contributed by atoms with Gasteiger partial charge in [0.05, 0.1) is 0 Å². The van der Waals surface area contributed by atoms with E-state index in [1.165, 1.54) is 0 Å². The second-order valence-electron chi connectivity index (χ2n) is 6.81. The molecule has 0 aliphatic heterocycles. The lowest BCUT2D eigenvalue weighted by atomic mass is 9.76. The van der Waals surface area contributed by atoms with Crippen LogP contribution in [0, 0.1) is 17.3 Å². The molecule has 0 spiro atoms. The summed E-state index contributed by atoms with van der Waals surface area (Å²) in [6.07, 6.45) is 1.63. The van der Waals surface area contributed by atoms with Crippen LogP contribution in [0.3, 0.4) is 0 Å². The second-order valence-corrected chi connectivity index (χ2v) is 6.81. The molecule has 20 heavy (non-hydrogen) atoms. The quantitative estimate of drug-likeness (QED) is 0.642. The van der Waals surface area contributed by atoms with E-state index in [4.69, 9.17) is 5.11 Å². The van der Waals surface area contributed by atoms with Gasteiger partial charge in [0.25, 0.3) is 0 Å². The molecule has 1 atom stereocenters. The van der Waals surface area contributed by atoms with Gasteiger partial charge in [0.15, 0.2) is 0 Å². The molecule has 0 heterocycles. The second kappa shape index (κ2) is 8.82. The van der Waals surface area contributed by atoms with Gasteiger partial charge >= 0.3 is 12.0 Å². The molecule has 0 saturated heterocycles. The first kappa shape index (κ1) is 18.7. The van der Waals surface area contributed by atoms with Crippen molar-refractivity contribution < 1.29 is 14.7 Å². The topological polar surface area (TPSA) is 78.4 Å². The summed E-state index contributed by atoms with van der Waals surface area (Å²) in [4.78, 5) is 22.2. The highest BCUT2D eigenvalue weighted by molar-refractivity contribution is 5.73. The Morgan fingerprint density at radius 1 is 1.10 bits per heavy atom. The lowest BCUT2D eigenvalue weighted by Gasteiger charge is -2.30. The highest BCUT2D eigenvalue weighted by atomic mass is 16.4. The predicted molar refractivity (Wildman–Crippen MR) is 80.7 cm³/mol. The number of hydrogen-bond acceptors (Lipinski definition) is 2. The zero-order valence-corrected chi connectivity index (χ0v) is 13.5. The molecule has 0 radical (unpaired) electrons. The summed E-state index contributed by atoms with van der Waals surface area (Å²) in [5.41, 5.74) is 0.0472. The molecule has 2 amide bonds. The van der Waals surface area contributed by atoms with Crippen LogP contribution in [0.5, 0.6) is 0 Å². The van der Waals surface area contributed by atoms with Crippen molar-refractivity contribution in [3.8, 4) is 0 Å². The van der Waals surface area contributed by atoms with Crippen molar-refractivity contribution >= 4 is 12.0 Å². The van der Waals surface area contributed by atoms with Crippen molar-refractivity contribution in [1.29, 1.82) is 0 Å². The van der Waals surface area contributed by atoms with Gasteiger partial charge in [0.2, 0.25) is 0 Å². The Morgan fingerprint density at radius 2 is 1.70 bits per heavy atom. The van der Waals surface area contributed by atoms with Crippen LogP contribution in [0.1, 0.15) is 53.9 Å². The van der Waals surface area contributed by atoms with Crippen LogP contribution >= 0.6 is 0 Å². The molecule has 5 nitrogen and oxygen atoms in total. The molecule has 0 aliphatic carbocycles. The molecular weight excluding hydrogens is 256 g/mol. The summed E-state index contributed by atoms with van der Waals surface area (Å²) in [6.45, 7) is 11.7. The van der Waals surface area contributed by atoms with Gasteiger partial charge < -0.3 is 15.7 Å². The average Bonchev–Trinajstić information content (AvgIpc) is 2.28. The third-order valence-electron chi connectivity index (χ3n) is 3.38. The summed E-state index contributed by atoms with van der Waals surface area (Å²) >= 11 is 0. The molecule has 0 saturated carbocycles. The van der Waals surface area contributed by atoms with Gasteiger partial charge in [0.1, 0.15) is 0 Å². The van der Waals surface area contributed by atoms with Crippen LogP contribution in [-0.4, -0.2) is 30.2 Å². The van der Waals surface area contributed by atoms with E-state index in [-0.39, 0.29) is 23.8 Å². The first-order chi connectivity index (χ1) is 9.12. The van der Waals surface area contributed by atoms with Crippen LogP contribution in [0.4, 0.5) is 4.79 Å². The number of amides is 2. The molecule has 0 rings (SSSR count). The Kier molecular flexibility index (Phi) is 8.26. The number of carboxylic acid groups (broad SMARTS) is 1. The van der Waals surface area contributed by atoms with Gasteiger partial charge in [-0.15, -0.1) is 0 Å². The molecule has 5 heteroatoms. The fraction of sp³-hybridized carbons (Fsp3) is 0.867. The Balaban J connectivity index is 4.07. The minimum absolute atomic E-state index is 0.0472. The zero-order chi connectivity index (χ0) is 15.8. The lowest BCUT2D eigenvalue weighted by Crippen LogP contribution is -2.39. The average molecular weight is 286 g/mol. The largest absolute Gasteiger partial charge is 0.481 e. The van der Waals surface area contributed by atoms with E-state index < -0.39 is 5.97 Å². The van der Waals surface area contributed by atoms with E-state index in [9.17, 15) is 9.59 Å². The smallest absolute Gasteiger partial charge is 0.314 e. The van der Waals surface area contributed by atoms with Crippen molar-refractivity contribution in [3.05, 3.63) is 0 Å². The molecule has 0 aromatic heterocycles. The molecule has 118 valence electrons. The van der Waals surface area contributed by atoms with Crippen molar-refractivity contribution in [2.45, 2.75) is 53.9 Å². The standard InChI is InChI=1S/C15H30N2O3/c1-11(2)10-17-14(20)16-9-8-12(15(3,4)5)6-7-13(18)19/h11-12H,6-10H2,1-5H3,(H,18,19)(H2,16,17,20). The Bertz CT molecular complexity index is 309. The zero-order valence-electron chi connectivity index (χ0n) is 13.5. The molecule has 3 N–H and O–H groups in total. The fourth-order valence-electron chi connectivity index (χ4n) is 2.03. The van der Waals surface area contributed by atoms with E-state index in [0.717, 1.165) is 6.42 Å². The molecule has 0 fully saturated rings. The Labute approximate surface area is 122 Å². The van der Waals surface area contributed by atoms with Crippen molar-refractivity contribution in [1.82, 2.24) is 10.6 Å². The maximum Gasteiger partial charge on any atom is 0.314 e. The van der Waals surface area contributed by atoms with Crippen LogP contribution < -0.4 is 10.6 Å². The number of carbonyl (C=O) groups is 2. The van der Waals surface area contributed by atoms with E-state index >= 15 is 0 Å². The van der Waals surface area contributed by atoms with Crippen LogP contribution in [-0.2, 0) is 4.79 Å². The van der Waals surface area contributed by atoms with Crippen LogP contribution in [0.2, 0.25) is 0 Å². The maximum atomic E-state index is 11.5. The highest BCUT2D eigenvalue weighted by Gasteiger charge is 2.24. The van der Waals surface area contributed by atoms with Crippen LogP contribution in [0.15, 0.2) is 0 Å². The number of aliphatic carboxylic acids is 1. The Morgan fingerprint density at radius 3 is 2.15 bits per heavy atom. The number of rotatable bonds is 8. The molecular formula is C15H30N2O3. The van der Waals surface area contributed by atoms with E-state index in [0.29, 0.717) is 25.4 Å². The van der Waals surface area contributed by atoms with Gasteiger partial charge in [0, 0.05) is 19.5 Å². The SMILES string of the molecule is CC(C)CNC(=O)NCCC(CCC(=O)O)C(C)(C)C. The number of carbonyl (C=O) groups excluding carboxylic acids is 1.